The van der Waals surface area contributed by atoms with Gasteiger partial charge in [-0.3, -0.25) is 9.59 Å². The van der Waals surface area contributed by atoms with Gasteiger partial charge in [0.1, 0.15) is 11.5 Å². The Labute approximate surface area is 151 Å². The molecule has 0 aliphatic carbocycles. The molecule has 0 aromatic carbocycles. The molecule has 3 rings (SSSR count). The third-order valence-electron chi connectivity index (χ3n) is 3.40. The normalized spacial score (nSPS) is 10.6. The second-order valence-corrected chi connectivity index (χ2v) is 5.98. The standard InChI is InChI=1S/C17H15BrN2O5/c18-15-6-5-14(25-15)17(22)19-9-16(21)20(10-12-3-1-7-23-12)11-13-4-2-8-24-13/h1-8H,9-11H2,(H,19,22). The van der Waals surface area contributed by atoms with Crippen LogP contribution in [0.15, 0.2) is 66.8 Å². The first-order valence-electron chi connectivity index (χ1n) is 7.48. The lowest BCUT2D eigenvalue weighted by molar-refractivity contribution is -0.131. The average Bonchev–Trinajstić information content (AvgIpc) is 3.34. The fraction of sp³-hybridized carbons (Fsp3) is 0.176. The van der Waals surface area contributed by atoms with Gasteiger partial charge in [-0.25, -0.2) is 0 Å². The molecule has 7 nitrogen and oxygen atoms in total. The second kappa shape index (κ2) is 7.89. The SMILES string of the molecule is O=C(NCC(=O)N(Cc1ccco1)Cc1ccco1)c1ccc(Br)o1. The van der Waals surface area contributed by atoms with Gasteiger partial charge in [0.25, 0.3) is 5.91 Å². The van der Waals surface area contributed by atoms with Crippen molar-refractivity contribution in [3.63, 3.8) is 0 Å². The van der Waals surface area contributed by atoms with Crippen LogP contribution in [0, 0.1) is 0 Å². The maximum atomic E-state index is 12.5. The Morgan fingerprint density at radius 2 is 1.64 bits per heavy atom. The molecule has 3 aromatic rings. The Kier molecular flexibility index (Phi) is 5.39. The summed E-state index contributed by atoms with van der Waals surface area (Å²) in [6.45, 7) is 0.377. The highest BCUT2D eigenvalue weighted by Crippen LogP contribution is 2.14. The van der Waals surface area contributed by atoms with Gasteiger partial charge in [0, 0.05) is 0 Å². The molecule has 0 aliphatic heterocycles. The number of amides is 2. The number of halogens is 1. The maximum Gasteiger partial charge on any atom is 0.287 e. The Balaban J connectivity index is 1.62. The van der Waals surface area contributed by atoms with E-state index < -0.39 is 5.91 Å². The molecule has 1 N–H and O–H groups in total. The van der Waals surface area contributed by atoms with Crippen molar-refractivity contribution in [1.29, 1.82) is 0 Å². The third-order valence-corrected chi connectivity index (χ3v) is 3.83. The molecule has 0 unspecified atom stereocenters. The summed E-state index contributed by atoms with van der Waals surface area (Å²) in [6.07, 6.45) is 3.09. The van der Waals surface area contributed by atoms with E-state index in [9.17, 15) is 9.59 Å². The summed E-state index contributed by atoms with van der Waals surface area (Å²) < 4.78 is 16.2. The molecule has 25 heavy (non-hydrogen) atoms. The van der Waals surface area contributed by atoms with E-state index in [-0.39, 0.29) is 31.3 Å². The van der Waals surface area contributed by atoms with Crippen LogP contribution in [0.25, 0.3) is 0 Å². The molecule has 0 bridgehead atoms. The van der Waals surface area contributed by atoms with Crippen LogP contribution in [-0.4, -0.2) is 23.3 Å². The van der Waals surface area contributed by atoms with Crippen LogP contribution < -0.4 is 5.32 Å². The van der Waals surface area contributed by atoms with Crippen molar-refractivity contribution < 1.29 is 22.8 Å². The van der Waals surface area contributed by atoms with Gasteiger partial charge in [-0.1, -0.05) is 0 Å². The number of carbonyl (C=O) groups is 2. The largest absolute Gasteiger partial charge is 0.467 e. The van der Waals surface area contributed by atoms with E-state index in [0.717, 1.165) is 0 Å². The van der Waals surface area contributed by atoms with Gasteiger partial charge in [-0.2, -0.15) is 0 Å². The summed E-state index contributed by atoms with van der Waals surface area (Å²) >= 11 is 3.13. The number of rotatable bonds is 7. The molecule has 3 heterocycles. The monoisotopic (exact) mass is 406 g/mol. The predicted molar refractivity (Wildman–Crippen MR) is 90.4 cm³/mol. The first-order valence-corrected chi connectivity index (χ1v) is 8.27. The van der Waals surface area contributed by atoms with E-state index >= 15 is 0 Å². The van der Waals surface area contributed by atoms with E-state index in [0.29, 0.717) is 16.2 Å². The molecular formula is C17H15BrN2O5. The van der Waals surface area contributed by atoms with E-state index in [1.54, 1.807) is 42.9 Å². The fourth-order valence-electron chi connectivity index (χ4n) is 2.20. The minimum atomic E-state index is -0.463. The Hall–Kier alpha value is -2.74. The molecule has 2 amide bonds. The van der Waals surface area contributed by atoms with Gasteiger partial charge in [0.2, 0.25) is 5.91 Å². The summed E-state index contributed by atoms with van der Waals surface area (Å²) in [4.78, 5) is 26.0. The lowest BCUT2D eigenvalue weighted by atomic mass is 10.3. The van der Waals surface area contributed by atoms with Crippen LogP contribution in [0.5, 0.6) is 0 Å². The van der Waals surface area contributed by atoms with Gasteiger partial charge in [-0.15, -0.1) is 0 Å². The summed E-state index contributed by atoms with van der Waals surface area (Å²) in [5.41, 5.74) is 0. The first kappa shape index (κ1) is 17.1. The smallest absolute Gasteiger partial charge is 0.287 e. The van der Waals surface area contributed by atoms with Crippen LogP contribution in [0.3, 0.4) is 0 Å². The fourth-order valence-corrected chi connectivity index (χ4v) is 2.51. The van der Waals surface area contributed by atoms with Crippen molar-refractivity contribution >= 4 is 27.7 Å². The highest BCUT2D eigenvalue weighted by atomic mass is 79.9. The van der Waals surface area contributed by atoms with Crippen molar-refractivity contribution in [3.8, 4) is 0 Å². The van der Waals surface area contributed by atoms with Crippen molar-refractivity contribution in [1.82, 2.24) is 10.2 Å². The zero-order valence-corrected chi connectivity index (χ0v) is 14.7. The Morgan fingerprint density at radius 3 is 2.12 bits per heavy atom. The van der Waals surface area contributed by atoms with E-state index in [2.05, 4.69) is 21.2 Å². The van der Waals surface area contributed by atoms with E-state index in [1.165, 1.54) is 11.0 Å². The van der Waals surface area contributed by atoms with Crippen molar-refractivity contribution in [3.05, 3.63) is 70.9 Å². The van der Waals surface area contributed by atoms with Crippen LogP contribution in [0.2, 0.25) is 0 Å². The minimum absolute atomic E-state index is 0.128. The van der Waals surface area contributed by atoms with Crippen molar-refractivity contribution in [2.45, 2.75) is 13.1 Å². The van der Waals surface area contributed by atoms with Crippen molar-refractivity contribution in [2.75, 3.05) is 6.54 Å². The molecule has 8 heteroatoms. The van der Waals surface area contributed by atoms with Crippen molar-refractivity contribution in [2.24, 2.45) is 0 Å². The Bertz CT molecular complexity index is 787. The lowest BCUT2D eigenvalue weighted by Gasteiger charge is -2.20. The maximum absolute atomic E-state index is 12.5. The first-order chi connectivity index (χ1) is 12.1. The molecule has 0 saturated heterocycles. The van der Waals surface area contributed by atoms with Gasteiger partial charge in [-0.05, 0) is 52.3 Å². The lowest BCUT2D eigenvalue weighted by Crippen LogP contribution is -2.39. The molecule has 0 radical (unpaired) electrons. The Morgan fingerprint density at radius 1 is 1.00 bits per heavy atom. The highest BCUT2D eigenvalue weighted by molar-refractivity contribution is 9.10. The van der Waals surface area contributed by atoms with Gasteiger partial charge in [0.15, 0.2) is 10.4 Å². The number of hydrogen-bond donors (Lipinski definition) is 1. The van der Waals surface area contributed by atoms with Gasteiger partial charge in [0.05, 0.1) is 32.2 Å². The van der Waals surface area contributed by atoms with E-state index in [1.807, 2.05) is 0 Å². The molecule has 0 aliphatic rings. The molecule has 3 aromatic heterocycles. The quantitative estimate of drug-likeness (QED) is 0.650. The van der Waals surface area contributed by atoms with Gasteiger partial charge < -0.3 is 23.5 Å². The topological polar surface area (TPSA) is 88.8 Å². The van der Waals surface area contributed by atoms with Gasteiger partial charge >= 0.3 is 0 Å². The zero-order chi connectivity index (χ0) is 17.6. The molecule has 0 spiro atoms. The minimum Gasteiger partial charge on any atom is -0.467 e. The molecule has 0 atom stereocenters. The van der Waals surface area contributed by atoms with E-state index in [4.69, 9.17) is 13.3 Å². The van der Waals surface area contributed by atoms with Crippen LogP contribution >= 0.6 is 15.9 Å². The zero-order valence-electron chi connectivity index (χ0n) is 13.1. The number of nitrogens with zero attached hydrogens (tertiary/aromatic N) is 1. The summed E-state index contributed by atoms with van der Waals surface area (Å²) in [5, 5.41) is 2.55. The molecule has 130 valence electrons. The number of furan rings is 3. The number of nitrogens with one attached hydrogen (secondary N) is 1. The highest BCUT2D eigenvalue weighted by Gasteiger charge is 2.19. The van der Waals surface area contributed by atoms with Crippen LogP contribution in [-0.2, 0) is 17.9 Å². The predicted octanol–water partition coefficient (Wildman–Crippen LogP) is 3.19. The average molecular weight is 407 g/mol. The molecule has 0 fully saturated rings. The molecule has 0 saturated carbocycles. The second-order valence-electron chi connectivity index (χ2n) is 5.19. The number of carbonyl (C=O) groups excluding carboxylic acids is 2. The summed E-state index contributed by atoms with van der Waals surface area (Å²) in [7, 11) is 0. The third kappa shape index (κ3) is 4.63. The number of hydrogen-bond acceptors (Lipinski definition) is 5. The van der Waals surface area contributed by atoms with Crippen LogP contribution in [0.1, 0.15) is 22.1 Å². The summed E-state index contributed by atoms with van der Waals surface area (Å²) in [5.74, 6) is 0.674. The summed E-state index contributed by atoms with van der Waals surface area (Å²) in [6, 6.07) is 10.2. The molecular weight excluding hydrogens is 392 g/mol. The van der Waals surface area contributed by atoms with Crippen LogP contribution in [0.4, 0.5) is 0 Å².